The third-order valence-electron chi connectivity index (χ3n) is 2.72. The summed E-state index contributed by atoms with van der Waals surface area (Å²) in [7, 11) is 4.58. The second kappa shape index (κ2) is 5.89. The van der Waals surface area contributed by atoms with E-state index in [4.69, 9.17) is 19.5 Å². The molecule has 2 rings (SSSR count). The van der Waals surface area contributed by atoms with Gasteiger partial charge in [0.2, 0.25) is 5.69 Å². The van der Waals surface area contributed by atoms with Crippen LogP contribution in [0.2, 0.25) is 0 Å². The molecule has 0 saturated heterocycles. The highest BCUT2D eigenvalue weighted by molar-refractivity contribution is 5.64. The van der Waals surface area contributed by atoms with Gasteiger partial charge in [0, 0.05) is 5.56 Å². The molecule has 6 heteroatoms. The fourth-order valence-electron chi connectivity index (χ4n) is 1.73. The van der Waals surface area contributed by atoms with Crippen LogP contribution >= 0.6 is 0 Å². The zero-order valence-corrected chi connectivity index (χ0v) is 11.4. The first-order valence-corrected chi connectivity index (χ1v) is 5.77. The van der Waals surface area contributed by atoms with Crippen molar-refractivity contribution in [1.82, 2.24) is 9.97 Å². The summed E-state index contributed by atoms with van der Waals surface area (Å²) in [6.45, 7) is 0. The molecule has 0 spiro atoms. The topological polar surface area (TPSA) is 77.3 Å². The van der Waals surface area contributed by atoms with Crippen LogP contribution in [0.1, 0.15) is 5.69 Å². The van der Waals surface area contributed by atoms with Gasteiger partial charge in [-0.1, -0.05) is 0 Å². The Labute approximate surface area is 116 Å². The SMILES string of the molecule is COc1ccc(-c2cnc(C#N)c(OC)n2)cc1OC. The molecule has 0 bridgehead atoms. The largest absolute Gasteiger partial charge is 0.493 e. The Morgan fingerprint density at radius 1 is 1.05 bits per heavy atom. The number of nitriles is 1. The van der Waals surface area contributed by atoms with Gasteiger partial charge < -0.3 is 14.2 Å². The minimum absolute atomic E-state index is 0.150. The quantitative estimate of drug-likeness (QED) is 0.846. The van der Waals surface area contributed by atoms with Crippen LogP contribution in [-0.4, -0.2) is 31.3 Å². The second-order valence-corrected chi connectivity index (χ2v) is 3.79. The summed E-state index contributed by atoms with van der Waals surface area (Å²) in [6, 6.07) is 7.32. The number of aromatic nitrogens is 2. The molecule has 0 aliphatic carbocycles. The number of hydrogen-bond donors (Lipinski definition) is 0. The molecule has 0 amide bonds. The summed E-state index contributed by atoms with van der Waals surface area (Å²) in [6.07, 6.45) is 1.52. The molecule has 0 radical (unpaired) electrons. The fraction of sp³-hybridized carbons (Fsp3) is 0.214. The summed E-state index contributed by atoms with van der Waals surface area (Å²) in [5, 5.41) is 8.89. The zero-order valence-electron chi connectivity index (χ0n) is 11.4. The molecule has 0 unspecified atom stereocenters. The highest BCUT2D eigenvalue weighted by Gasteiger charge is 2.11. The highest BCUT2D eigenvalue weighted by Crippen LogP contribution is 2.32. The van der Waals surface area contributed by atoms with E-state index in [0.29, 0.717) is 17.2 Å². The van der Waals surface area contributed by atoms with Gasteiger partial charge in [0.05, 0.1) is 33.2 Å². The molecule has 0 atom stereocenters. The lowest BCUT2D eigenvalue weighted by Gasteiger charge is -2.10. The Kier molecular flexibility index (Phi) is 4.01. The molecule has 0 N–H and O–H groups in total. The Morgan fingerprint density at radius 2 is 1.80 bits per heavy atom. The number of rotatable bonds is 4. The smallest absolute Gasteiger partial charge is 0.251 e. The number of benzene rings is 1. The van der Waals surface area contributed by atoms with Crippen molar-refractivity contribution in [2.45, 2.75) is 0 Å². The molecule has 1 heterocycles. The molecular weight excluding hydrogens is 258 g/mol. The lowest BCUT2D eigenvalue weighted by molar-refractivity contribution is 0.355. The van der Waals surface area contributed by atoms with Gasteiger partial charge in [0.1, 0.15) is 6.07 Å². The van der Waals surface area contributed by atoms with Crippen LogP contribution in [-0.2, 0) is 0 Å². The van der Waals surface area contributed by atoms with E-state index in [1.54, 1.807) is 26.4 Å². The van der Waals surface area contributed by atoms with Crippen molar-refractivity contribution in [3.8, 4) is 34.7 Å². The van der Waals surface area contributed by atoms with Crippen molar-refractivity contribution in [3.05, 3.63) is 30.1 Å². The molecular formula is C14H13N3O3. The molecule has 0 aliphatic rings. The molecule has 0 fully saturated rings. The average Bonchev–Trinajstić information content (AvgIpc) is 2.53. The molecule has 1 aromatic carbocycles. The lowest BCUT2D eigenvalue weighted by Crippen LogP contribution is -1.97. The van der Waals surface area contributed by atoms with Crippen molar-refractivity contribution in [1.29, 1.82) is 5.26 Å². The van der Waals surface area contributed by atoms with E-state index in [1.165, 1.54) is 13.3 Å². The third-order valence-corrected chi connectivity index (χ3v) is 2.72. The Morgan fingerprint density at radius 3 is 2.40 bits per heavy atom. The zero-order chi connectivity index (χ0) is 14.5. The van der Waals surface area contributed by atoms with E-state index < -0.39 is 0 Å². The molecule has 6 nitrogen and oxygen atoms in total. The minimum atomic E-state index is 0.150. The van der Waals surface area contributed by atoms with Gasteiger partial charge in [-0.2, -0.15) is 5.26 Å². The number of nitrogens with zero attached hydrogens (tertiary/aromatic N) is 3. The predicted octanol–water partition coefficient (Wildman–Crippen LogP) is 2.04. The van der Waals surface area contributed by atoms with Crippen molar-refractivity contribution in [2.75, 3.05) is 21.3 Å². The van der Waals surface area contributed by atoms with E-state index in [9.17, 15) is 0 Å². The van der Waals surface area contributed by atoms with Crippen LogP contribution in [0.25, 0.3) is 11.3 Å². The Bertz CT molecular complexity index is 665. The standard InChI is InChI=1S/C14H13N3O3/c1-18-12-5-4-9(6-13(12)19-2)11-8-16-10(7-15)14(17-11)20-3/h4-6,8H,1-3H3. The minimum Gasteiger partial charge on any atom is -0.493 e. The molecule has 1 aromatic heterocycles. The summed E-state index contributed by atoms with van der Waals surface area (Å²) >= 11 is 0. The van der Waals surface area contributed by atoms with Crippen LogP contribution in [0.4, 0.5) is 0 Å². The molecule has 102 valence electrons. The summed E-state index contributed by atoms with van der Waals surface area (Å²) in [5.74, 6) is 1.42. The van der Waals surface area contributed by atoms with Gasteiger partial charge >= 0.3 is 0 Å². The van der Waals surface area contributed by atoms with Gasteiger partial charge in [-0.15, -0.1) is 0 Å². The van der Waals surface area contributed by atoms with Crippen LogP contribution in [0.5, 0.6) is 17.4 Å². The maximum atomic E-state index is 8.89. The molecule has 2 aromatic rings. The normalized spacial score (nSPS) is 9.70. The maximum absolute atomic E-state index is 8.89. The Balaban J connectivity index is 2.49. The lowest BCUT2D eigenvalue weighted by atomic mass is 10.1. The first-order chi connectivity index (χ1) is 9.73. The van der Waals surface area contributed by atoms with E-state index in [0.717, 1.165) is 5.56 Å². The summed E-state index contributed by atoms with van der Waals surface area (Å²) in [4.78, 5) is 8.28. The first-order valence-electron chi connectivity index (χ1n) is 5.77. The fourth-order valence-corrected chi connectivity index (χ4v) is 1.73. The van der Waals surface area contributed by atoms with E-state index >= 15 is 0 Å². The monoisotopic (exact) mass is 271 g/mol. The number of methoxy groups -OCH3 is 3. The maximum Gasteiger partial charge on any atom is 0.251 e. The van der Waals surface area contributed by atoms with Gasteiger partial charge in [-0.3, -0.25) is 0 Å². The molecule has 0 saturated carbocycles. The van der Waals surface area contributed by atoms with Gasteiger partial charge in [0.25, 0.3) is 5.88 Å². The third kappa shape index (κ3) is 2.47. The van der Waals surface area contributed by atoms with Crippen LogP contribution in [0.3, 0.4) is 0 Å². The summed E-state index contributed by atoms with van der Waals surface area (Å²) in [5.41, 5.74) is 1.52. The van der Waals surface area contributed by atoms with E-state index in [1.807, 2.05) is 12.1 Å². The average molecular weight is 271 g/mol. The first kappa shape index (κ1) is 13.6. The van der Waals surface area contributed by atoms with E-state index in [2.05, 4.69) is 9.97 Å². The van der Waals surface area contributed by atoms with Gasteiger partial charge in [-0.25, -0.2) is 9.97 Å². The van der Waals surface area contributed by atoms with Gasteiger partial charge in [-0.05, 0) is 18.2 Å². The number of ether oxygens (including phenoxy) is 3. The van der Waals surface area contributed by atoms with Crippen LogP contribution in [0, 0.1) is 11.3 Å². The van der Waals surface area contributed by atoms with Gasteiger partial charge in [0.15, 0.2) is 11.5 Å². The Hall–Kier alpha value is -2.81. The van der Waals surface area contributed by atoms with Crippen molar-refractivity contribution >= 4 is 0 Å². The van der Waals surface area contributed by atoms with Crippen LogP contribution in [0.15, 0.2) is 24.4 Å². The molecule has 20 heavy (non-hydrogen) atoms. The van der Waals surface area contributed by atoms with Crippen molar-refractivity contribution < 1.29 is 14.2 Å². The summed E-state index contributed by atoms with van der Waals surface area (Å²) < 4.78 is 15.5. The number of hydrogen-bond acceptors (Lipinski definition) is 6. The molecule has 0 aliphatic heterocycles. The van der Waals surface area contributed by atoms with E-state index in [-0.39, 0.29) is 11.6 Å². The van der Waals surface area contributed by atoms with Crippen molar-refractivity contribution in [2.24, 2.45) is 0 Å². The second-order valence-electron chi connectivity index (χ2n) is 3.79. The predicted molar refractivity (Wildman–Crippen MR) is 71.8 cm³/mol. The highest BCUT2D eigenvalue weighted by atomic mass is 16.5. The van der Waals surface area contributed by atoms with Crippen molar-refractivity contribution in [3.63, 3.8) is 0 Å². The van der Waals surface area contributed by atoms with Crippen LogP contribution < -0.4 is 14.2 Å².